The van der Waals surface area contributed by atoms with Crippen LogP contribution in [-0.4, -0.2) is 10.5 Å². The normalized spacial score (nSPS) is 11.5. The minimum Gasteiger partial charge on any atom is -0.333 e. The number of rotatable bonds is 4. The van der Waals surface area contributed by atoms with Crippen LogP contribution in [0.15, 0.2) is 54.7 Å². The molecule has 0 aliphatic heterocycles. The summed E-state index contributed by atoms with van der Waals surface area (Å²) >= 11 is 5.71. The number of carbonyl (C=O) groups excluding carboxylic acids is 1. The van der Waals surface area contributed by atoms with E-state index < -0.39 is 34.8 Å². The molecule has 0 aliphatic rings. The average Bonchev–Trinajstić information content (AvgIpc) is 3.09. The number of carbonyl (C=O) groups is 1. The largest absolute Gasteiger partial charge is 0.418 e. The Bertz CT molecular complexity index is 1010. The number of alkyl halides is 4. The second-order valence-electron chi connectivity index (χ2n) is 5.80. The molecule has 9 heteroatoms. The zero-order valence-electron chi connectivity index (χ0n) is 14.0. The zero-order chi connectivity index (χ0) is 20.5. The van der Waals surface area contributed by atoms with Gasteiger partial charge in [-0.15, -0.1) is 11.6 Å². The molecule has 0 bridgehead atoms. The third-order valence-electron chi connectivity index (χ3n) is 4.01. The molecule has 0 spiro atoms. The highest BCUT2D eigenvalue weighted by molar-refractivity contribution is 6.15. The minimum atomic E-state index is -4.56. The maximum absolute atomic E-state index is 13.7. The van der Waals surface area contributed by atoms with Gasteiger partial charge in [-0.25, -0.2) is 8.78 Å². The fourth-order valence-corrected chi connectivity index (χ4v) is 2.91. The molecule has 1 heterocycles. The summed E-state index contributed by atoms with van der Waals surface area (Å²) in [7, 11) is 0. The summed E-state index contributed by atoms with van der Waals surface area (Å²) in [6, 6.07) is 9.39. The molecule has 3 aromatic rings. The predicted octanol–water partition coefficient (Wildman–Crippen LogP) is 5.90. The second-order valence-corrected chi connectivity index (χ2v) is 6.04. The van der Waals surface area contributed by atoms with Crippen LogP contribution in [0.1, 0.15) is 15.9 Å². The first-order valence-electron chi connectivity index (χ1n) is 7.90. The van der Waals surface area contributed by atoms with Crippen molar-refractivity contribution in [2.45, 2.75) is 12.2 Å². The van der Waals surface area contributed by atoms with Gasteiger partial charge in [-0.05, 0) is 35.9 Å². The van der Waals surface area contributed by atoms with Crippen LogP contribution in [0.2, 0.25) is 0 Å². The highest BCUT2D eigenvalue weighted by atomic mass is 35.5. The van der Waals surface area contributed by atoms with E-state index >= 15 is 0 Å². The molecule has 1 amide bonds. The van der Waals surface area contributed by atoms with Crippen molar-refractivity contribution < 1.29 is 26.7 Å². The number of benzene rings is 2. The van der Waals surface area contributed by atoms with Crippen molar-refractivity contribution in [2.24, 2.45) is 0 Å². The lowest BCUT2D eigenvalue weighted by molar-refractivity contribution is -0.137. The minimum absolute atomic E-state index is 0.114. The highest BCUT2D eigenvalue weighted by Gasteiger charge is 2.35. The molecule has 0 saturated carbocycles. The number of anilines is 1. The third-order valence-corrected chi connectivity index (χ3v) is 4.27. The van der Waals surface area contributed by atoms with Crippen molar-refractivity contribution in [2.75, 3.05) is 5.32 Å². The van der Waals surface area contributed by atoms with E-state index in [1.165, 1.54) is 41.1 Å². The maximum Gasteiger partial charge on any atom is 0.418 e. The number of amides is 1. The lowest BCUT2D eigenvalue weighted by Crippen LogP contribution is -2.14. The number of halogens is 6. The molecular formula is C19H12ClF5N2O. The molecule has 3 nitrogen and oxygen atoms in total. The summed E-state index contributed by atoms with van der Waals surface area (Å²) in [5, 5.41) is 2.37. The van der Waals surface area contributed by atoms with Crippen molar-refractivity contribution in [3.8, 4) is 11.3 Å². The van der Waals surface area contributed by atoms with E-state index in [0.717, 1.165) is 18.2 Å². The fourth-order valence-electron chi connectivity index (χ4n) is 2.71. The summed E-state index contributed by atoms with van der Waals surface area (Å²) in [5.74, 6) is -3.33. The van der Waals surface area contributed by atoms with Crippen molar-refractivity contribution >= 4 is 23.2 Å². The first-order chi connectivity index (χ1) is 13.2. The van der Waals surface area contributed by atoms with Gasteiger partial charge in [0.05, 0.1) is 22.8 Å². The number of nitrogens with one attached hydrogen (secondary N) is 1. The molecule has 2 aromatic carbocycles. The Morgan fingerprint density at radius 3 is 2.32 bits per heavy atom. The van der Waals surface area contributed by atoms with Crippen LogP contribution in [0.5, 0.6) is 0 Å². The van der Waals surface area contributed by atoms with Gasteiger partial charge >= 0.3 is 6.18 Å². The van der Waals surface area contributed by atoms with E-state index in [2.05, 4.69) is 5.32 Å². The van der Waals surface area contributed by atoms with Gasteiger partial charge in [0.2, 0.25) is 0 Å². The van der Waals surface area contributed by atoms with E-state index in [1.807, 2.05) is 0 Å². The smallest absolute Gasteiger partial charge is 0.333 e. The lowest BCUT2D eigenvalue weighted by atomic mass is 10.1. The molecule has 1 N–H and O–H groups in total. The van der Waals surface area contributed by atoms with Crippen LogP contribution in [0.25, 0.3) is 11.3 Å². The van der Waals surface area contributed by atoms with Crippen LogP contribution < -0.4 is 5.32 Å². The molecule has 0 radical (unpaired) electrons. The Balaban J connectivity index is 1.88. The van der Waals surface area contributed by atoms with Crippen molar-refractivity contribution in [3.63, 3.8) is 0 Å². The van der Waals surface area contributed by atoms with Gasteiger partial charge in [0, 0.05) is 11.9 Å². The highest BCUT2D eigenvalue weighted by Crippen LogP contribution is 2.38. The van der Waals surface area contributed by atoms with Gasteiger partial charge in [0.25, 0.3) is 5.91 Å². The summed E-state index contributed by atoms with van der Waals surface area (Å²) in [4.78, 5) is 12.1. The molecule has 28 heavy (non-hydrogen) atoms. The molecule has 146 valence electrons. The average molecular weight is 415 g/mol. The van der Waals surface area contributed by atoms with Crippen LogP contribution in [-0.2, 0) is 12.2 Å². The molecule has 0 atom stereocenters. The Hall–Kier alpha value is -2.87. The number of hydrogen-bond acceptors (Lipinski definition) is 1. The summed E-state index contributed by atoms with van der Waals surface area (Å²) in [6.07, 6.45) is -3.33. The topological polar surface area (TPSA) is 34.0 Å². The summed E-state index contributed by atoms with van der Waals surface area (Å²) < 4.78 is 67.8. The second kappa shape index (κ2) is 7.63. The van der Waals surface area contributed by atoms with Gasteiger partial charge in [-0.1, -0.05) is 18.2 Å². The van der Waals surface area contributed by atoms with Gasteiger partial charge in [0.15, 0.2) is 11.6 Å². The van der Waals surface area contributed by atoms with Gasteiger partial charge in [-0.2, -0.15) is 13.2 Å². The van der Waals surface area contributed by atoms with E-state index in [1.54, 1.807) is 0 Å². The third kappa shape index (κ3) is 3.87. The number of nitrogens with zero attached hydrogens (tertiary/aromatic N) is 1. The first kappa shape index (κ1) is 19.9. The van der Waals surface area contributed by atoms with E-state index in [4.69, 9.17) is 11.6 Å². The van der Waals surface area contributed by atoms with Gasteiger partial charge in [-0.3, -0.25) is 4.79 Å². The van der Waals surface area contributed by atoms with Crippen LogP contribution in [0, 0.1) is 11.6 Å². The first-order valence-corrected chi connectivity index (χ1v) is 8.44. The molecular weight excluding hydrogens is 403 g/mol. The standard InChI is InChI=1S/C19H12ClF5N2O/c20-10-27-9-8-14(19(23,24)25)17(27)11-4-6-12(7-5-11)26-18(28)13-2-1-3-15(21)16(13)22/h1-9H,10H2,(H,26,28). The van der Waals surface area contributed by atoms with Crippen LogP contribution in [0.4, 0.5) is 27.6 Å². The lowest BCUT2D eigenvalue weighted by Gasteiger charge is -2.13. The van der Waals surface area contributed by atoms with Gasteiger partial charge in [0.1, 0.15) is 0 Å². The summed E-state index contributed by atoms with van der Waals surface area (Å²) in [5.41, 5.74) is -1.01. The monoisotopic (exact) mass is 414 g/mol. The molecule has 0 fully saturated rings. The maximum atomic E-state index is 13.7. The summed E-state index contributed by atoms with van der Waals surface area (Å²) in [6.45, 7) is 0. The Morgan fingerprint density at radius 2 is 1.71 bits per heavy atom. The Labute approximate surface area is 161 Å². The van der Waals surface area contributed by atoms with E-state index in [0.29, 0.717) is 0 Å². The number of hydrogen-bond donors (Lipinski definition) is 1. The van der Waals surface area contributed by atoms with E-state index in [-0.39, 0.29) is 22.9 Å². The van der Waals surface area contributed by atoms with E-state index in [9.17, 15) is 26.7 Å². The predicted molar refractivity (Wildman–Crippen MR) is 95.0 cm³/mol. The van der Waals surface area contributed by atoms with Gasteiger partial charge < -0.3 is 9.88 Å². The fraction of sp³-hybridized carbons (Fsp3) is 0.105. The molecule has 0 saturated heterocycles. The van der Waals surface area contributed by atoms with Crippen LogP contribution in [0.3, 0.4) is 0 Å². The molecule has 0 unspecified atom stereocenters. The Kier molecular flexibility index (Phi) is 5.42. The van der Waals surface area contributed by atoms with Crippen molar-refractivity contribution in [3.05, 3.63) is 77.5 Å². The molecule has 0 aliphatic carbocycles. The Morgan fingerprint density at radius 1 is 1.04 bits per heavy atom. The zero-order valence-corrected chi connectivity index (χ0v) is 14.8. The quantitative estimate of drug-likeness (QED) is 0.418. The SMILES string of the molecule is O=C(Nc1ccc(-c2c(C(F)(F)F)ccn2CCl)cc1)c1cccc(F)c1F. The molecule has 1 aromatic heterocycles. The number of aromatic nitrogens is 1. The van der Waals surface area contributed by atoms with Crippen molar-refractivity contribution in [1.82, 2.24) is 4.57 Å². The van der Waals surface area contributed by atoms with Crippen LogP contribution >= 0.6 is 11.6 Å². The van der Waals surface area contributed by atoms with Crippen molar-refractivity contribution in [1.29, 1.82) is 0 Å². The molecule has 3 rings (SSSR count).